The number of carbonyl (C=O) groups excluding carboxylic acids is 1. The predicted octanol–water partition coefficient (Wildman–Crippen LogP) is 3.52. The Morgan fingerprint density at radius 3 is 2.26 bits per heavy atom. The molecule has 8 heteroatoms. The molecule has 0 heterocycles. The highest BCUT2D eigenvalue weighted by Crippen LogP contribution is 2.28. The van der Waals surface area contributed by atoms with Crippen LogP contribution in [-0.4, -0.2) is 25.1 Å². The number of nitrogens with one attached hydrogen (secondary N) is 1. The largest absolute Gasteiger partial charge is 0.497 e. The molecule has 1 amide bonds. The molecule has 0 aromatic heterocycles. The zero-order valence-electron chi connectivity index (χ0n) is 12.3. The number of hydrogen-bond donors (Lipinski definition) is 1. The first-order chi connectivity index (χ1) is 10.9. The van der Waals surface area contributed by atoms with E-state index in [9.17, 15) is 14.9 Å². The van der Waals surface area contributed by atoms with Gasteiger partial charge in [-0.25, -0.2) is 0 Å². The van der Waals surface area contributed by atoms with E-state index in [1.165, 1.54) is 32.4 Å². The van der Waals surface area contributed by atoms with Gasteiger partial charge in [-0.2, -0.15) is 0 Å². The number of nitro benzene ring substituents is 1. The average molecular weight is 337 g/mol. The summed E-state index contributed by atoms with van der Waals surface area (Å²) in [5.74, 6) is 0.287. The van der Waals surface area contributed by atoms with Gasteiger partial charge < -0.3 is 14.8 Å². The molecule has 0 fully saturated rings. The van der Waals surface area contributed by atoms with Gasteiger partial charge in [0.15, 0.2) is 0 Å². The van der Waals surface area contributed by atoms with Gasteiger partial charge in [-0.15, -0.1) is 0 Å². The van der Waals surface area contributed by atoms with Gasteiger partial charge in [0.05, 0.1) is 19.1 Å². The highest BCUT2D eigenvalue weighted by Gasteiger charge is 2.21. The molecule has 0 aliphatic rings. The number of anilines is 1. The topological polar surface area (TPSA) is 90.7 Å². The van der Waals surface area contributed by atoms with Crippen molar-refractivity contribution in [3.63, 3.8) is 0 Å². The van der Waals surface area contributed by atoms with E-state index in [-0.39, 0.29) is 16.3 Å². The maximum atomic E-state index is 12.3. The Balaban J connectivity index is 2.36. The van der Waals surface area contributed by atoms with Crippen LogP contribution in [0.15, 0.2) is 36.4 Å². The summed E-state index contributed by atoms with van der Waals surface area (Å²) >= 11 is 5.82. The van der Waals surface area contributed by atoms with Crippen LogP contribution in [0.4, 0.5) is 11.4 Å². The van der Waals surface area contributed by atoms with Crippen LogP contribution in [0.5, 0.6) is 11.5 Å². The molecule has 0 unspecified atom stereocenters. The summed E-state index contributed by atoms with van der Waals surface area (Å²) in [6, 6.07) is 8.55. The van der Waals surface area contributed by atoms with Crippen LogP contribution in [0.1, 0.15) is 10.4 Å². The van der Waals surface area contributed by atoms with Crippen LogP contribution in [0.3, 0.4) is 0 Å². The molecule has 2 aromatic carbocycles. The minimum Gasteiger partial charge on any atom is -0.497 e. The Bertz CT molecular complexity index is 741. The average Bonchev–Trinajstić information content (AvgIpc) is 2.53. The smallest absolute Gasteiger partial charge is 0.282 e. The number of benzene rings is 2. The van der Waals surface area contributed by atoms with Gasteiger partial charge in [-0.1, -0.05) is 11.6 Å². The van der Waals surface area contributed by atoms with Crippen molar-refractivity contribution in [1.29, 1.82) is 0 Å². The molecule has 0 saturated carbocycles. The number of methoxy groups -OCH3 is 2. The zero-order chi connectivity index (χ0) is 17.0. The third-order valence-electron chi connectivity index (χ3n) is 3.01. The lowest BCUT2D eigenvalue weighted by Crippen LogP contribution is -2.14. The van der Waals surface area contributed by atoms with E-state index in [2.05, 4.69) is 5.32 Å². The SMILES string of the molecule is COc1cc(NC(=O)c2cc(Cl)ccc2[N+](=O)[O-])cc(OC)c1. The van der Waals surface area contributed by atoms with Crippen LogP contribution in [0.2, 0.25) is 5.02 Å². The maximum absolute atomic E-state index is 12.3. The van der Waals surface area contributed by atoms with Crippen LogP contribution in [0.25, 0.3) is 0 Å². The number of ether oxygens (including phenoxy) is 2. The number of rotatable bonds is 5. The van der Waals surface area contributed by atoms with Crippen molar-refractivity contribution in [3.8, 4) is 11.5 Å². The summed E-state index contributed by atoms with van der Waals surface area (Å²) in [7, 11) is 2.95. The lowest BCUT2D eigenvalue weighted by Gasteiger charge is -2.10. The fourth-order valence-electron chi connectivity index (χ4n) is 1.93. The number of carbonyl (C=O) groups is 1. The van der Waals surface area contributed by atoms with Crippen molar-refractivity contribution >= 4 is 28.9 Å². The molecule has 0 aliphatic heterocycles. The fraction of sp³-hybridized carbons (Fsp3) is 0.133. The number of nitrogens with zero attached hydrogens (tertiary/aromatic N) is 1. The first-order valence-electron chi connectivity index (χ1n) is 6.43. The van der Waals surface area contributed by atoms with E-state index >= 15 is 0 Å². The molecule has 1 N–H and O–H groups in total. The van der Waals surface area contributed by atoms with E-state index in [4.69, 9.17) is 21.1 Å². The first-order valence-corrected chi connectivity index (χ1v) is 6.80. The quantitative estimate of drug-likeness (QED) is 0.666. The molecule has 2 aromatic rings. The number of hydrogen-bond acceptors (Lipinski definition) is 5. The number of nitro groups is 1. The molecule has 0 atom stereocenters. The summed E-state index contributed by atoms with van der Waals surface area (Å²) in [4.78, 5) is 22.7. The summed E-state index contributed by atoms with van der Waals surface area (Å²) in [5.41, 5.74) is -0.0912. The minimum atomic E-state index is -0.658. The Labute approximate surface area is 136 Å². The third kappa shape index (κ3) is 3.89. The molecule has 0 spiro atoms. The van der Waals surface area contributed by atoms with Gasteiger partial charge in [-0.05, 0) is 12.1 Å². The van der Waals surface area contributed by atoms with Gasteiger partial charge >= 0.3 is 0 Å². The molecule has 0 bridgehead atoms. The van der Waals surface area contributed by atoms with Crippen molar-refractivity contribution < 1.29 is 19.2 Å². The number of amides is 1. The molecule has 23 heavy (non-hydrogen) atoms. The monoisotopic (exact) mass is 336 g/mol. The molecule has 7 nitrogen and oxygen atoms in total. The molecule has 120 valence electrons. The lowest BCUT2D eigenvalue weighted by molar-refractivity contribution is -0.385. The summed E-state index contributed by atoms with van der Waals surface area (Å²) in [6.07, 6.45) is 0. The van der Waals surface area contributed by atoms with Gasteiger partial charge in [0, 0.05) is 35.0 Å². The lowest BCUT2D eigenvalue weighted by atomic mass is 10.1. The molecule has 0 saturated heterocycles. The second-order valence-electron chi connectivity index (χ2n) is 4.47. The van der Waals surface area contributed by atoms with Gasteiger partial charge in [0.25, 0.3) is 11.6 Å². The van der Waals surface area contributed by atoms with E-state index in [0.717, 1.165) is 0 Å². The van der Waals surface area contributed by atoms with Crippen LogP contribution < -0.4 is 14.8 Å². The molecule has 0 radical (unpaired) electrons. The maximum Gasteiger partial charge on any atom is 0.282 e. The normalized spacial score (nSPS) is 10.0. The Kier molecular flexibility index (Phi) is 5.02. The first kappa shape index (κ1) is 16.6. The van der Waals surface area contributed by atoms with Crippen molar-refractivity contribution in [1.82, 2.24) is 0 Å². The van der Waals surface area contributed by atoms with Crippen molar-refractivity contribution in [2.75, 3.05) is 19.5 Å². The molecular weight excluding hydrogens is 324 g/mol. The van der Waals surface area contributed by atoms with E-state index < -0.39 is 10.8 Å². The Morgan fingerprint density at radius 2 is 1.74 bits per heavy atom. The molecular formula is C15H13ClN2O5. The highest BCUT2D eigenvalue weighted by molar-refractivity contribution is 6.31. The predicted molar refractivity (Wildman–Crippen MR) is 85.6 cm³/mol. The third-order valence-corrected chi connectivity index (χ3v) is 3.24. The summed E-state index contributed by atoms with van der Waals surface area (Å²) in [6.45, 7) is 0. The van der Waals surface area contributed by atoms with E-state index in [0.29, 0.717) is 17.2 Å². The van der Waals surface area contributed by atoms with Crippen molar-refractivity contribution in [3.05, 3.63) is 57.1 Å². The van der Waals surface area contributed by atoms with Crippen LogP contribution in [0, 0.1) is 10.1 Å². The van der Waals surface area contributed by atoms with E-state index in [1.807, 2.05) is 0 Å². The van der Waals surface area contributed by atoms with Crippen LogP contribution >= 0.6 is 11.6 Å². The Morgan fingerprint density at radius 1 is 1.13 bits per heavy atom. The zero-order valence-corrected chi connectivity index (χ0v) is 13.1. The standard InChI is InChI=1S/C15H13ClN2O5/c1-22-11-6-10(7-12(8-11)23-2)17-15(19)13-5-9(16)3-4-14(13)18(20)21/h3-8H,1-2H3,(H,17,19). The molecule has 2 rings (SSSR count). The molecule has 0 aliphatic carbocycles. The number of halogens is 1. The van der Waals surface area contributed by atoms with Gasteiger partial charge in [0.1, 0.15) is 17.1 Å². The highest BCUT2D eigenvalue weighted by atomic mass is 35.5. The summed E-state index contributed by atoms with van der Waals surface area (Å²) in [5, 5.41) is 13.8. The summed E-state index contributed by atoms with van der Waals surface area (Å²) < 4.78 is 10.2. The van der Waals surface area contributed by atoms with E-state index in [1.54, 1.807) is 18.2 Å². The van der Waals surface area contributed by atoms with Crippen molar-refractivity contribution in [2.24, 2.45) is 0 Å². The van der Waals surface area contributed by atoms with Crippen molar-refractivity contribution in [2.45, 2.75) is 0 Å². The second-order valence-corrected chi connectivity index (χ2v) is 4.91. The van der Waals surface area contributed by atoms with Crippen LogP contribution in [-0.2, 0) is 0 Å². The fourth-order valence-corrected chi connectivity index (χ4v) is 2.10. The van der Waals surface area contributed by atoms with Gasteiger partial charge in [-0.3, -0.25) is 14.9 Å². The van der Waals surface area contributed by atoms with Gasteiger partial charge in [0.2, 0.25) is 0 Å². The minimum absolute atomic E-state index is 0.135. The Hall–Kier alpha value is -2.80. The second kappa shape index (κ2) is 6.97.